The predicted molar refractivity (Wildman–Crippen MR) is 67.2 cm³/mol. The smallest absolute Gasteiger partial charge is 0.0564 e. The first-order chi connectivity index (χ1) is 6.34. The van der Waals surface area contributed by atoms with Gasteiger partial charge in [-0.2, -0.15) is 0 Å². The minimum atomic E-state index is -0.0297. The number of aliphatic hydroxyl groups excluding tert-OH is 1. The second kappa shape index (κ2) is 7.69. The quantitative estimate of drug-likeness (QED) is 0.771. The average Bonchev–Trinajstić information content (AvgIpc) is 2.62. The predicted octanol–water partition coefficient (Wildman–Crippen LogP) is 0.896. The lowest BCUT2D eigenvalue weighted by Gasteiger charge is -2.31. The highest BCUT2D eigenvalue weighted by molar-refractivity contribution is 5.85. The van der Waals surface area contributed by atoms with Crippen LogP contribution in [0.25, 0.3) is 0 Å². The topological polar surface area (TPSA) is 35.5 Å². The van der Waals surface area contributed by atoms with E-state index in [1.54, 1.807) is 0 Å². The molecule has 15 heavy (non-hydrogen) atoms. The minimum absolute atomic E-state index is 0. The highest BCUT2D eigenvalue weighted by atomic mass is 35.5. The summed E-state index contributed by atoms with van der Waals surface area (Å²) >= 11 is 0. The van der Waals surface area contributed by atoms with E-state index in [0.29, 0.717) is 0 Å². The van der Waals surface area contributed by atoms with Gasteiger partial charge in [0.25, 0.3) is 0 Å². The molecule has 2 aliphatic heterocycles. The van der Waals surface area contributed by atoms with Crippen molar-refractivity contribution in [3.05, 3.63) is 0 Å². The van der Waals surface area contributed by atoms with Crippen LogP contribution >= 0.6 is 24.8 Å². The van der Waals surface area contributed by atoms with Gasteiger partial charge in [-0.25, -0.2) is 0 Å². The molecule has 3 nitrogen and oxygen atoms in total. The van der Waals surface area contributed by atoms with Crippen LogP contribution in [0, 0.1) is 5.92 Å². The second-order valence-electron chi connectivity index (χ2n) is 4.39. The van der Waals surface area contributed by atoms with E-state index in [4.69, 9.17) is 0 Å². The van der Waals surface area contributed by atoms with Gasteiger partial charge in [0.05, 0.1) is 6.10 Å². The third-order valence-corrected chi connectivity index (χ3v) is 3.24. The molecular formula is C10H22Cl2N2O. The van der Waals surface area contributed by atoms with Crippen LogP contribution in [0.4, 0.5) is 0 Å². The highest BCUT2D eigenvalue weighted by Gasteiger charge is 2.21. The van der Waals surface area contributed by atoms with Crippen LogP contribution in [0.1, 0.15) is 19.3 Å². The van der Waals surface area contributed by atoms with E-state index in [9.17, 15) is 5.11 Å². The van der Waals surface area contributed by atoms with Crippen molar-refractivity contribution in [1.29, 1.82) is 0 Å². The number of halogens is 2. The molecule has 0 aliphatic carbocycles. The minimum Gasteiger partial charge on any atom is -0.393 e. The van der Waals surface area contributed by atoms with Crippen molar-refractivity contribution in [1.82, 2.24) is 10.2 Å². The lowest BCUT2D eigenvalue weighted by molar-refractivity contribution is 0.0761. The Morgan fingerprint density at radius 1 is 1.13 bits per heavy atom. The van der Waals surface area contributed by atoms with Crippen LogP contribution in [0.15, 0.2) is 0 Å². The first kappa shape index (κ1) is 15.5. The maximum absolute atomic E-state index is 9.35. The average molecular weight is 257 g/mol. The molecule has 0 amide bonds. The largest absolute Gasteiger partial charge is 0.393 e. The second-order valence-corrected chi connectivity index (χ2v) is 4.39. The van der Waals surface area contributed by atoms with Crippen LogP contribution in [0.3, 0.4) is 0 Å². The number of rotatable bonds is 2. The monoisotopic (exact) mass is 256 g/mol. The zero-order chi connectivity index (χ0) is 9.10. The Morgan fingerprint density at radius 3 is 2.33 bits per heavy atom. The summed E-state index contributed by atoms with van der Waals surface area (Å²) in [5, 5.41) is 12.7. The molecule has 2 saturated heterocycles. The Hall–Kier alpha value is 0.460. The number of nitrogens with one attached hydrogen (secondary N) is 1. The lowest BCUT2D eigenvalue weighted by Crippen LogP contribution is -2.39. The van der Waals surface area contributed by atoms with Crippen molar-refractivity contribution in [2.24, 2.45) is 5.92 Å². The SMILES string of the molecule is Cl.Cl.OC1CCN(CC2CCNC2)CC1. The van der Waals surface area contributed by atoms with E-state index >= 15 is 0 Å². The lowest BCUT2D eigenvalue weighted by atomic mass is 10.0. The summed E-state index contributed by atoms with van der Waals surface area (Å²) in [5.74, 6) is 0.857. The molecule has 0 aromatic rings. The van der Waals surface area contributed by atoms with Gasteiger partial charge in [0.2, 0.25) is 0 Å². The molecule has 0 aromatic carbocycles. The van der Waals surface area contributed by atoms with Crippen LogP contribution in [0.5, 0.6) is 0 Å². The van der Waals surface area contributed by atoms with Gasteiger partial charge >= 0.3 is 0 Å². The van der Waals surface area contributed by atoms with Gasteiger partial charge in [0, 0.05) is 19.6 Å². The maximum Gasteiger partial charge on any atom is 0.0564 e. The Bertz CT molecular complexity index is 158. The summed E-state index contributed by atoms with van der Waals surface area (Å²) in [4.78, 5) is 2.50. The summed E-state index contributed by atoms with van der Waals surface area (Å²) in [6.07, 6.45) is 3.25. The summed E-state index contributed by atoms with van der Waals surface area (Å²) in [5.41, 5.74) is 0. The molecule has 5 heteroatoms. The van der Waals surface area contributed by atoms with Crippen molar-refractivity contribution in [2.45, 2.75) is 25.4 Å². The summed E-state index contributed by atoms with van der Waals surface area (Å²) in [7, 11) is 0. The summed E-state index contributed by atoms with van der Waals surface area (Å²) in [6.45, 7) is 5.81. The number of piperidine rings is 1. The Labute approximate surface area is 104 Å². The number of hydrogen-bond donors (Lipinski definition) is 2. The fraction of sp³-hybridized carbons (Fsp3) is 1.00. The first-order valence-corrected chi connectivity index (χ1v) is 5.46. The number of hydrogen-bond acceptors (Lipinski definition) is 3. The molecular weight excluding hydrogens is 235 g/mol. The van der Waals surface area contributed by atoms with Gasteiger partial charge in [-0.05, 0) is 38.3 Å². The molecule has 1 atom stereocenters. The van der Waals surface area contributed by atoms with Crippen molar-refractivity contribution in [2.75, 3.05) is 32.7 Å². The first-order valence-electron chi connectivity index (χ1n) is 5.46. The molecule has 92 valence electrons. The molecule has 0 bridgehead atoms. The Balaban J connectivity index is 0.000000980. The third kappa shape index (κ3) is 4.87. The van der Waals surface area contributed by atoms with E-state index in [2.05, 4.69) is 10.2 Å². The van der Waals surface area contributed by atoms with Crippen LogP contribution in [0.2, 0.25) is 0 Å². The van der Waals surface area contributed by atoms with Crippen molar-refractivity contribution in [3.63, 3.8) is 0 Å². The highest BCUT2D eigenvalue weighted by Crippen LogP contribution is 2.14. The molecule has 2 heterocycles. The Morgan fingerprint density at radius 2 is 1.80 bits per heavy atom. The standard InChI is InChI=1S/C10H20N2O.2ClH/c13-10-2-5-12(6-3-10)8-9-1-4-11-7-9;;/h9-11,13H,1-8H2;2*1H. The number of nitrogens with zero attached hydrogens (tertiary/aromatic N) is 1. The molecule has 1 unspecified atom stereocenters. The van der Waals surface area contributed by atoms with E-state index in [1.807, 2.05) is 0 Å². The molecule has 0 saturated carbocycles. The zero-order valence-corrected chi connectivity index (χ0v) is 10.7. The van der Waals surface area contributed by atoms with Crippen molar-refractivity contribution in [3.8, 4) is 0 Å². The van der Waals surface area contributed by atoms with Gasteiger partial charge < -0.3 is 15.3 Å². The van der Waals surface area contributed by atoms with Crippen molar-refractivity contribution < 1.29 is 5.11 Å². The van der Waals surface area contributed by atoms with Gasteiger partial charge in [-0.1, -0.05) is 0 Å². The van der Waals surface area contributed by atoms with E-state index in [0.717, 1.165) is 31.8 Å². The Kier molecular flexibility index (Phi) is 7.92. The van der Waals surface area contributed by atoms with Gasteiger partial charge in [0.15, 0.2) is 0 Å². The molecule has 0 radical (unpaired) electrons. The molecule has 2 fully saturated rings. The van der Waals surface area contributed by atoms with Gasteiger partial charge in [-0.15, -0.1) is 24.8 Å². The summed E-state index contributed by atoms with van der Waals surface area (Å²) in [6, 6.07) is 0. The van der Waals surface area contributed by atoms with Crippen LogP contribution in [-0.4, -0.2) is 48.8 Å². The van der Waals surface area contributed by atoms with Gasteiger partial charge in [-0.3, -0.25) is 0 Å². The van der Waals surface area contributed by atoms with E-state index in [-0.39, 0.29) is 30.9 Å². The van der Waals surface area contributed by atoms with E-state index in [1.165, 1.54) is 26.1 Å². The fourth-order valence-electron chi connectivity index (χ4n) is 2.34. The number of likely N-dealkylation sites (tertiary alicyclic amines) is 1. The molecule has 0 spiro atoms. The number of aliphatic hydroxyl groups is 1. The molecule has 2 N–H and O–H groups in total. The van der Waals surface area contributed by atoms with Crippen LogP contribution in [-0.2, 0) is 0 Å². The normalized spacial score (nSPS) is 28.2. The molecule has 2 aliphatic rings. The third-order valence-electron chi connectivity index (χ3n) is 3.24. The van der Waals surface area contributed by atoms with Gasteiger partial charge in [0.1, 0.15) is 0 Å². The summed E-state index contributed by atoms with van der Waals surface area (Å²) < 4.78 is 0. The van der Waals surface area contributed by atoms with E-state index < -0.39 is 0 Å². The zero-order valence-electron chi connectivity index (χ0n) is 9.02. The molecule has 0 aromatic heterocycles. The van der Waals surface area contributed by atoms with Crippen molar-refractivity contribution >= 4 is 24.8 Å². The molecule has 2 rings (SSSR count). The van der Waals surface area contributed by atoms with Crippen LogP contribution < -0.4 is 5.32 Å². The fourth-order valence-corrected chi connectivity index (χ4v) is 2.34. The maximum atomic E-state index is 9.35.